The van der Waals surface area contributed by atoms with Crippen LogP contribution < -0.4 is 5.73 Å². The first-order chi connectivity index (χ1) is 5.68. The summed E-state index contributed by atoms with van der Waals surface area (Å²) in [5, 5.41) is 9.22. The molecule has 3 heteroatoms. The van der Waals surface area contributed by atoms with E-state index in [4.69, 9.17) is 5.73 Å². The Balaban J connectivity index is 2.48. The maximum atomic E-state index is 9.22. The monoisotopic (exact) mass is 166 g/mol. The van der Waals surface area contributed by atoms with Gasteiger partial charge in [0.15, 0.2) is 0 Å². The molecule has 1 heterocycles. The second-order valence-corrected chi connectivity index (χ2v) is 3.70. The highest BCUT2D eigenvalue weighted by Gasteiger charge is 2.41. The summed E-state index contributed by atoms with van der Waals surface area (Å²) in [4.78, 5) is 3.02. The van der Waals surface area contributed by atoms with E-state index >= 15 is 0 Å². The molecule has 0 bridgehead atoms. The summed E-state index contributed by atoms with van der Waals surface area (Å²) in [6.45, 7) is 2.11. The van der Waals surface area contributed by atoms with Crippen molar-refractivity contribution in [2.45, 2.75) is 18.9 Å². The molecule has 1 aliphatic rings. The van der Waals surface area contributed by atoms with Crippen molar-refractivity contribution in [1.29, 1.82) is 0 Å². The molecule has 0 saturated carbocycles. The summed E-state index contributed by atoms with van der Waals surface area (Å²) >= 11 is 0. The predicted molar refractivity (Wildman–Crippen MR) is 46.6 cm³/mol. The highest BCUT2D eigenvalue weighted by molar-refractivity contribution is 5.37. The molecular formula is C9H14N2O. The normalized spacial score (nSPS) is 33.8. The Morgan fingerprint density at radius 2 is 2.50 bits per heavy atom. The summed E-state index contributed by atoms with van der Waals surface area (Å²) < 4.78 is 0. The number of hydrogen-bond donors (Lipinski definition) is 3. The molecule has 1 aromatic rings. The van der Waals surface area contributed by atoms with Gasteiger partial charge in [-0.05, 0) is 23.5 Å². The number of aliphatic hydroxyl groups excluding tert-OH is 1. The van der Waals surface area contributed by atoms with Crippen molar-refractivity contribution in [1.82, 2.24) is 4.98 Å². The lowest BCUT2D eigenvalue weighted by Crippen LogP contribution is -2.43. The summed E-state index contributed by atoms with van der Waals surface area (Å²) in [6.07, 6.45) is 4.83. The molecule has 2 unspecified atom stereocenters. The van der Waals surface area contributed by atoms with Gasteiger partial charge >= 0.3 is 0 Å². The Morgan fingerprint density at radius 1 is 1.75 bits per heavy atom. The van der Waals surface area contributed by atoms with E-state index in [-0.39, 0.29) is 6.61 Å². The number of nitrogens with two attached hydrogens (primary N) is 1. The molecule has 12 heavy (non-hydrogen) atoms. The zero-order valence-electron chi connectivity index (χ0n) is 7.17. The molecule has 0 aliphatic heterocycles. The van der Waals surface area contributed by atoms with E-state index in [0.29, 0.717) is 5.92 Å². The molecule has 0 radical (unpaired) electrons. The molecule has 0 aromatic carbocycles. The van der Waals surface area contributed by atoms with Crippen molar-refractivity contribution in [3.63, 3.8) is 0 Å². The van der Waals surface area contributed by atoms with Crippen LogP contribution in [0.15, 0.2) is 12.4 Å². The van der Waals surface area contributed by atoms with Gasteiger partial charge in [-0.25, -0.2) is 0 Å². The number of fused-ring (bicyclic) bond motifs is 1. The fourth-order valence-corrected chi connectivity index (χ4v) is 2.02. The van der Waals surface area contributed by atoms with Crippen LogP contribution in [0.5, 0.6) is 0 Å². The van der Waals surface area contributed by atoms with Crippen LogP contribution in [-0.4, -0.2) is 16.7 Å². The number of rotatable bonds is 1. The highest BCUT2D eigenvalue weighted by Crippen LogP contribution is 2.38. The van der Waals surface area contributed by atoms with Gasteiger partial charge in [0.05, 0.1) is 12.1 Å². The van der Waals surface area contributed by atoms with Crippen LogP contribution in [-0.2, 0) is 12.0 Å². The first kappa shape index (κ1) is 7.83. The average Bonchev–Trinajstić information content (AvgIpc) is 2.57. The fraction of sp³-hybridized carbons (Fsp3) is 0.556. The van der Waals surface area contributed by atoms with Crippen molar-refractivity contribution in [3.8, 4) is 0 Å². The highest BCUT2D eigenvalue weighted by atomic mass is 16.3. The van der Waals surface area contributed by atoms with Crippen LogP contribution in [0.25, 0.3) is 0 Å². The van der Waals surface area contributed by atoms with Crippen LogP contribution in [0.3, 0.4) is 0 Å². The predicted octanol–water partition coefficient (Wildman–Crippen LogP) is 0.353. The summed E-state index contributed by atoms with van der Waals surface area (Å²) in [5.74, 6) is 0.335. The van der Waals surface area contributed by atoms with Crippen LogP contribution in [0, 0.1) is 5.92 Å². The third-order valence-electron chi connectivity index (χ3n) is 3.00. The van der Waals surface area contributed by atoms with Gasteiger partial charge in [-0.3, -0.25) is 0 Å². The second kappa shape index (κ2) is 2.34. The smallest absolute Gasteiger partial charge is 0.0690 e. The topological polar surface area (TPSA) is 62.0 Å². The minimum Gasteiger partial charge on any atom is -0.394 e. The lowest BCUT2D eigenvalue weighted by molar-refractivity contribution is 0.159. The van der Waals surface area contributed by atoms with Gasteiger partial charge < -0.3 is 15.8 Å². The van der Waals surface area contributed by atoms with Crippen molar-refractivity contribution >= 4 is 0 Å². The molecule has 2 rings (SSSR count). The Morgan fingerprint density at radius 3 is 3.17 bits per heavy atom. The SMILES string of the molecule is CC1Cc2c[nH]cc2C1(N)CO. The Labute approximate surface area is 71.6 Å². The third kappa shape index (κ3) is 0.778. The van der Waals surface area contributed by atoms with Gasteiger partial charge in [-0.2, -0.15) is 0 Å². The Kier molecular flexibility index (Phi) is 1.53. The first-order valence-corrected chi connectivity index (χ1v) is 4.24. The molecule has 0 saturated heterocycles. The lowest BCUT2D eigenvalue weighted by atomic mass is 9.87. The number of aromatic amines is 1. The third-order valence-corrected chi connectivity index (χ3v) is 3.00. The molecule has 0 spiro atoms. The van der Waals surface area contributed by atoms with Gasteiger partial charge in [-0.1, -0.05) is 6.92 Å². The van der Waals surface area contributed by atoms with Crippen LogP contribution in [0.1, 0.15) is 18.1 Å². The molecule has 0 amide bonds. The summed E-state index contributed by atoms with van der Waals surface area (Å²) in [5.41, 5.74) is 7.90. The largest absolute Gasteiger partial charge is 0.394 e. The van der Waals surface area contributed by atoms with Gasteiger partial charge in [0, 0.05) is 12.4 Å². The van der Waals surface area contributed by atoms with E-state index in [1.54, 1.807) is 0 Å². The van der Waals surface area contributed by atoms with Crippen molar-refractivity contribution < 1.29 is 5.11 Å². The zero-order chi connectivity index (χ0) is 8.77. The van der Waals surface area contributed by atoms with Gasteiger partial charge in [0.2, 0.25) is 0 Å². The molecule has 0 fully saturated rings. The van der Waals surface area contributed by atoms with E-state index in [9.17, 15) is 5.11 Å². The first-order valence-electron chi connectivity index (χ1n) is 4.24. The van der Waals surface area contributed by atoms with Crippen LogP contribution in [0.2, 0.25) is 0 Å². The quantitative estimate of drug-likeness (QED) is 0.564. The molecule has 3 nitrogen and oxygen atoms in total. The van der Waals surface area contributed by atoms with Gasteiger partial charge in [-0.15, -0.1) is 0 Å². The molecule has 1 aromatic heterocycles. The average molecular weight is 166 g/mol. The zero-order valence-corrected chi connectivity index (χ0v) is 7.17. The fourth-order valence-electron chi connectivity index (χ4n) is 2.02. The number of aliphatic hydroxyl groups is 1. The maximum absolute atomic E-state index is 9.22. The number of H-pyrrole nitrogens is 1. The molecule has 1 aliphatic carbocycles. The van der Waals surface area contributed by atoms with Crippen molar-refractivity contribution in [2.75, 3.05) is 6.61 Å². The maximum Gasteiger partial charge on any atom is 0.0690 e. The second-order valence-electron chi connectivity index (χ2n) is 3.70. The number of aromatic nitrogens is 1. The van der Waals surface area contributed by atoms with Gasteiger partial charge in [0.1, 0.15) is 0 Å². The van der Waals surface area contributed by atoms with Gasteiger partial charge in [0.25, 0.3) is 0 Å². The van der Waals surface area contributed by atoms with Crippen LogP contribution >= 0.6 is 0 Å². The van der Waals surface area contributed by atoms with E-state index in [2.05, 4.69) is 11.9 Å². The molecule has 2 atom stereocenters. The molecule has 66 valence electrons. The van der Waals surface area contributed by atoms with E-state index in [1.807, 2.05) is 12.4 Å². The summed E-state index contributed by atoms with van der Waals surface area (Å²) in [6, 6.07) is 0. The van der Waals surface area contributed by atoms with Crippen LogP contribution in [0.4, 0.5) is 0 Å². The lowest BCUT2D eigenvalue weighted by Gasteiger charge is -2.27. The minimum atomic E-state index is -0.519. The van der Waals surface area contributed by atoms with E-state index in [0.717, 1.165) is 12.0 Å². The molecule has 4 N–H and O–H groups in total. The minimum absolute atomic E-state index is 0.0268. The Hall–Kier alpha value is -0.800. The van der Waals surface area contributed by atoms with Crippen molar-refractivity contribution in [3.05, 3.63) is 23.5 Å². The number of nitrogens with one attached hydrogen (secondary N) is 1. The summed E-state index contributed by atoms with van der Waals surface area (Å²) in [7, 11) is 0. The Bertz CT molecular complexity index is 294. The van der Waals surface area contributed by atoms with E-state index < -0.39 is 5.54 Å². The standard InChI is InChI=1S/C9H14N2O/c1-6-2-7-3-11-4-8(7)9(6,10)5-12/h3-4,6,11-12H,2,5,10H2,1H3. The van der Waals surface area contributed by atoms with E-state index in [1.165, 1.54) is 5.56 Å². The number of hydrogen-bond acceptors (Lipinski definition) is 2. The van der Waals surface area contributed by atoms with Crippen molar-refractivity contribution in [2.24, 2.45) is 11.7 Å². The molecular weight excluding hydrogens is 152 g/mol.